The molecule has 8 heteroatoms. The third kappa shape index (κ3) is 2.92. The van der Waals surface area contributed by atoms with E-state index in [0.717, 1.165) is 18.7 Å². The maximum atomic E-state index is 13.3. The van der Waals surface area contributed by atoms with E-state index in [4.69, 9.17) is 0 Å². The van der Waals surface area contributed by atoms with Crippen molar-refractivity contribution in [2.45, 2.75) is 25.2 Å². The minimum atomic E-state index is -0.307. The van der Waals surface area contributed by atoms with Gasteiger partial charge < -0.3 is 10.3 Å². The topological polar surface area (TPSA) is 88.0 Å². The summed E-state index contributed by atoms with van der Waals surface area (Å²) in [4.78, 5) is 20.1. The fourth-order valence-corrected chi connectivity index (χ4v) is 3.27. The Balaban J connectivity index is 1.29. The molecule has 4 aromatic rings. The summed E-state index contributed by atoms with van der Waals surface area (Å²) in [7, 11) is 0. The first kappa shape index (κ1) is 15.9. The Morgan fingerprint density at radius 2 is 2.19 bits per heavy atom. The van der Waals surface area contributed by atoms with Gasteiger partial charge in [-0.25, -0.2) is 9.37 Å². The Morgan fingerprint density at radius 3 is 3.04 bits per heavy atom. The summed E-state index contributed by atoms with van der Waals surface area (Å²) in [6.07, 6.45) is 4.66. The number of rotatable bonds is 5. The van der Waals surface area contributed by atoms with E-state index in [1.165, 1.54) is 12.1 Å². The number of nitrogens with one attached hydrogen (secondary N) is 2. The summed E-state index contributed by atoms with van der Waals surface area (Å²) in [6, 6.07) is 8.01. The van der Waals surface area contributed by atoms with Crippen LogP contribution >= 0.6 is 0 Å². The van der Waals surface area contributed by atoms with Gasteiger partial charge in [-0.05, 0) is 43.2 Å². The van der Waals surface area contributed by atoms with Gasteiger partial charge in [0, 0.05) is 25.1 Å². The Hall–Kier alpha value is -3.29. The fraction of sp³-hybridized carbons (Fsp3) is 0.263. The van der Waals surface area contributed by atoms with Gasteiger partial charge in [-0.1, -0.05) is 0 Å². The molecule has 0 atom stereocenters. The maximum Gasteiger partial charge on any atom is 0.255 e. The van der Waals surface area contributed by atoms with Crippen LogP contribution < -0.4 is 5.32 Å². The van der Waals surface area contributed by atoms with Gasteiger partial charge in [-0.2, -0.15) is 0 Å². The molecule has 2 N–H and O–H groups in total. The number of halogens is 1. The number of H-pyrrole nitrogens is 1. The zero-order valence-electron chi connectivity index (χ0n) is 14.4. The van der Waals surface area contributed by atoms with Crippen LogP contribution in [0.15, 0.2) is 36.5 Å². The normalized spacial score (nSPS) is 14.1. The molecule has 1 aliphatic rings. The van der Waals surface area contributed by atoms with E-state index in [2.05, 4.69) is 25.5 Å². The molecule has 1 fully saturated rings. The molecule has 1 saturated carbocycles. The lowest BCUT2D eigenvalue weighted by Gasteiger charge is -2.05. The molecular formula is C19H17FN6O. The first-order chi connectivity index (χ1) is 13.2. The maximum absolute atomic E-state index is 13.3. The van der Waals surface area contributed by atoms with Gasteiger partial charge >= 0.3 is 0 Å². The average Bonchev–Trinajstić information content (AvgIpc) is 3.28. The van der Waals surface area contributed by atoms with E-state index >= 15 is 0 Å². The monoisotopic (exact) mass is 364 g/mol. The molecule has 136 valence electrons. The largest absolute Gasteiger partial charge is 0.351 e. The molecule has 7 nitrogen and oxygen atoms in total. The molecule has 0 aliphatic heterocycles. The number of nitrogens with zero attached hydrogens (tertiary/aromatic N) is 4. The lowest BCUT2D eigenvalue weighted by atomic mass is 10.2. The highest BCUT2D eigenvalue weighted by Gasteiger charge is 2.29. The Labute approximate surface area is 153 Å². The highest BCUT2D eigenvalue weighted by Crippen LogP contribution is 2.39. The van der Waals surface area contributed by atoms with Crippen molar-refractivity contribution in [2.75, 3.05) is 6.54 Å². The van der Waals surface area contributed by atoms with Crippen LogP contribution in [0.5, 0.6) is 0 Å². The number of carbonyl (C=O) groups excluding carboxylic acids is 1. The number of aromatic nitrogens is 5. The van der Waals surface area contributed by atoms with Crippen LogP contribution in [-0.4, -0.2) is 37.0 Å². The summed E-state index contributed by atoms with van der Waals surface area (Å²) < 4.78 is 15.2. The SMILES string of the molecule is O=C(NCCc1nc2ccc(F)cc2[nH]1)c1cccn2c(C3CC3)nnc12. The highest BCUT2D eigenvalue weighted by molar-refractivity contribution is 5.99. The zero-order valence-corrected chi connectivity index (χ0v) is 14.4. The van der Waals surface area contributed by atoms with Crippen molar-refractivity contribution in [3.63, 3.8) is 0 Å². The van der Waals surface area contributed by atoms with Gasteiger partial charge in [0.1, 0.15) is 17.5 Å². The van der Waals surface area contributed by atoms with Crippen molar-refractivity contribution >= 4 is 22.6 Å². The van der Waals surface area contributed by atoms with Crippen molar-refractivity contribution < 1.29 is 9.18 Å². The van der Waals surface area contributed by atoms with E-state index in [9.17, 15) is 9.18 Å². The Morgan fingerprint density at radius 1 is 1.30 bits per heavy atom. The molecule has 3 heterocycles. The minimum Gasteiger partial charge on any atom is -0.351 e. The molecule has 0 saturated heterocycles. The summed E-state index contributed by atoms with van der Waals surface area (Å²) in [5.41, 5.74) is 2.44. The number of fused-ring (bicyclic) bond motifs is 2. The number of amides is 1. The van der Waals surface area contributed by atoms with E-state index in [0.29, 0.717) is 47.0 Å². The number of benzene rings is 1. The number of hydrogen-bond acceptors (Lipinski definition) is 4. The second-order valence-corrected chi connectivity index (χ2v) is 6.80. The molecule has 0 spiro atoms. The van der Waals surface area contributed by atoms with E-state index < -0.39 is 0 Å². The van der Waals surface area contributed by atoms with Crippen molar-refractivity contribution in [2.24, 2.45) is 0 Å². The van der Waals surface area contributed by atoms with Gasteiger partial charge in [0.05, 0.1) is 16.6 Å². The van der Waals surface area contributed by atoms with E-state index in [-0.39, 0.29) is 11.7 Å². The Bertz CT molecular complexity index is 1160. The molecule has 0 unspecified atom stereocenters. The second kappa shape index (κ2) is 6.15. The van der Waals surface area contributed by atoms with Gasteiger partial charge in [-0.3, -0.25) is 9.20 Å². The number of imidazole rings is 1. The van der Waals surface area contributed by atoms with Crippen LogP contribution in [-0.2, 0) is 6.42 Å². The van der Waals surface area contributed by atoms with Gasteiger partial charge in [0.2, 0.25) is 0 Å². The van der Waals surface area contributed by atoms with E-state index in [1.807, 2.05) is 16.7 Å². The summed E-state index contributed by atoms with van der Waals surface area (Å²) in [5.74, 6) is 1.58. The molecule has 0 radical (unpaired) electrons. The first-order valence-electron chi connectivity index (χ1n) is 8.95. The van der Waals surface area contributed by atoms with Crippen molar-refractivity contribution in [3.05, 3.63) is 59.6 Å². The third-order valence-corrected chi connectivity index (χ3v) is 4.79. The molecule has 0 bridgehead atoms. The minimum absolute atomic E-state index is 0.197. The van der Waals surface area contributed by atoms with Crippen LogP contribution in [0.25, 0.3) is 16.7 Å². The third-order valence-electron chi connectivity index (χ3n) is 4.79. The van der Waals surface area contributed by atoms with E-state index in [1.54, 1.807) is 12.1 Å². The van der Waals surface area contributed by atoms with Gasteiger partial charge in [0.15, 0.2) is 5.65 Å². The molecule has 1 amide bonds. The van der Waals surface area contributed by atoms with Crippen molar-refractivity contribution in [3.8, 4) is 0 Å². The predicted octanol–water partition coefficient (Wildman–Crippen LogP) is 2.59. The van der Waals surface area contributed by atoms with Crippen LogP contribution in [0, 0.1) is 5.82 Å². The molecule has 1 aromatic carbocycles. The van der Waals surface area contributed by atoms with Crippen LogP contribution in [0.4, 0.5) is 4.39 Å². The number of hydrogen-bond donors (Lipinski definition) is 2. The predicted molar refractivity (Wildman–Crippen MR) is 97.1 cm³/mol. The molecule has 1 aliphatic carbocycles. The fourth-order valence-electron chi connectivity index (χ4n) is 3.27. The van der Waals surface area contributed by atoms with Gasteiger partial charge in [0.25, 0.3) is 5.91 Å². The summed E-state index contributed by atoms with van der Waals surface area (Å²) in [5, 5.41) is 11.3. The Kier molecular flexibility index (Phi) is 3.63. The smallest absolute Gasteiger partial charge is 0.255 e. The van der Waals surface area contributed by atoms with Crippen LogP contribution in [0.3, 0.4) is 0 Å². The molecule has 5 rings (SSSR count). The first-order valence-corrected chi connectivity index (χ1v) is 8.95. The summed E-state index contributed by atoms with van der Waals surface area (Å²) in [6.45, 7) is 0.409. The van der Waals surface area contributed by atoms with Crippen LogP contribution in [0.2, 0.25) is 0 Å². The lowest BCUT2D eigenvalue weighted by Crippen LogP contribution is -2.26. The number of pyridine rings is 1. The average molecular weight is 364 g/mol. The number of aromatic amines is 1. The molecule has 27 heavy (non-hydrogen) atoms. The van der Waals surface area contributed by atoms with Crippen molar-refractivity contribution in [1.29, 1.82) is 0 Å². The summed E-state index contributed by atoms with van der Waals surface area (Å²) >= 11 is 0. The van der Waals surface area contributed by atoms with Crippen LogP contribution in [0.1, 0.15) is 40.8 Å². The quantitative estimate of drug-likeness (QED) is 0.570. The molecule has 3 aromatic heterocycles. The second-order valence-electron chi connectivity index (χ2n) is 6.80. The standard InChI is InChI=1S/C19H17FN6O/c20-12-5-6-14-15(10-12)23-16(22-14)7-8-21-19(27)13-2-1-9-26-17(11-3-4-11)24-25-18(13)26/h1-2,5-6,9-11H,3-4,7-8H2,(H,21,27)(H,22,23). The lowest BCUT2D eigenvalue weighted by molar-refractivity contribution is 0.0955. The van der Waals surface area contributed by atoms with Gasteiger partial charge in [-0.15, -0.1) is 10.2 Å². The highest BCUT2D eigenvalue weighted by atomic mass is 19.1. The zero-order chi connectivity index (χ0) is 18.4. The number of carbonyl (C=O) groups is 1. The molecular weight excluding hydrogens is 347 g/mol. The van der Waals surface area contributed by atoms with Crippen molar-refractivity contribution in [1.82, 2.24) is 29.9 Å².